The van der Waals surface area contributed by atoms with E-state index in [0.717, 1.165) is 18.1 Å². The Balaban J connectivity index is 2.07. The van der Waals surface area contributed by atoms with Crippen molar-refractivity contribution in [2.75, 3.05) is 13.1 Å². The molecule has 2 heterocycles. The van der Waals surface area contributed by atoms with Gasteiger partial charge in [0.15, 0.2) is 0 Å². The normalized spacial score (nSPS) is 20.9. The fraction of sp³-hybridized carbons (Fsp3) is 0.429. The molecule has 0 bridgehead atoms. The molecule has 0 aliphatic carbocycles. The molecule has 3 heteroatoms. The molecule has 0 spiro atoms. The van der Waals surface area contributed by atoms with E-state index in [0.29, 0.717) is 5.92 Å². The van der Waals surface area contributed by atoms with E-state index in [1.54, 1.807) is 0 Å². The summed E-state index contributed by atoms with van der Waals surface area (Å²) in [5, 5.41) is 5.55. The number of aromatic nitrogens is 1. The molecule has 1 aromatic heterocycles. The van der Waals surface area contributed by atoms with Crippen LogP contribution in [0.5, 0.6) is 0 Å². The minimum Gasteiger partial charge on any atom is -0.358 e. The van der Waals surface area contributed by atoms with Crippen molar-refractivity contribution in [2.45, 2.75) is 25.7 Å². The molecule has 17 heavy (non-hydrogen) atoms. The van der Waals surface area contributed by atoms with Crippen LogP contribution in [0.25, 0.3) is 10.9 Å². The first kappa shape index (κ1) is 11.1. The summed E-state index contributed by atoms with van der Waals surface area (Å²) < 4.78 is 0. The maximum absolute atomic E-state index is 6.06. The van der Waals surface area contributed by atoms with Crippen LogP contribution in [0.2, 0.25) is 5.02 Å². The number of hydrogen-bond acceptors (Lipinski definition) is 1. The second-order valence-corrected chi connectivity index (χ2v) is 5.33. The Labute approximate surface area is 106 Å². The number of benzene rings is 1. The molecular formula is C14H17ClN2. The Hall–Kier alpha value is -0.990. The highest BCUT2D eigenvalue weighted by Crippen LogP contribution is 2.31. The number of fused-ring (bicyclic) bond motifs is 1. The van der Waals surface area contributed by atoms with Crippen LogP contribution in [0.15, 0.2) is 18.2 Å². The first-order chi connectivity index (χ1) is 8.25. The van der Waals surface area contributed by atoms with Gasteiger partial charge in [0, 0.05) is 34.1 Å². The lowest BCUT2D eigenvalue weighted by Crippen LogP contribution is -2.28. The molecule has 90 valence electrons. The number of halogens is 1. The van der Waals surface area contributed by atoms with Crippen molar-refractivity contribution in [3.63, 3.8) is 0 Å². The quantitative estimate of drug-likeness (QED) is 0.793. The fourth-order valence-electron chi connectivity index (χ4n) is 2.83. The average molecular weight is 249 g/mol. The molecule has 2 aromatic rings. The van der Waals surface area contributed by atoms with Crippen molar-refractivity contribution in [2.24, 2.45) is 0 Å². The van der Waals surface area contributed by atoms with Gasteiger partial charge in [0.2, 0.25) is 0 Å². The number of hydrogen-bond donors (Lipinski definition) is 2. The zero-order chi connectivity index (χ0) is 11.8. The third kappa shape index (κ3) is 1.96. The van der Waals surface area contributed by atoms with Crippen molar-refractivity contribution >= 4 is 22.5 Å². The average Bonchev–Trinajstić information content (AvgIpc) is 2.68. The fourth-order valence-corrected chi connectivity index (χ4v) is 3.00. The maximum Gasteiger partial charge on any atom is 0.0459 e. The zero-order valence-electron chi connectivity index (χ0n) is 10.0. The summed E-state index contributed by atoms with van der Waals surface area (Å²) in [5.41, 5.74) is 3.94. The molecule has 3 rings (SSSR count). The monoisotopic (exact) mass is 248 g/mol. The molecule has 1 atom stereocenters. The number of piperidine rings is 1. The van der Waals surface area contributed by atoms with Gasteiger partial charge in [0.1, 0.15) is 0 Å². The minimum absolute atomic E-state index is 0.620. The lowest BCUT2D eigenvalue weighted by molar-refractivity contribution is 0.455. The molecule has 1 saturated heterocycles. The molecule has 2 N–H and O–H groups in total. The predicted octanol–water partition coefficient (Wildman–Crippen LogP) is 3.60. The van der Waals surface area contributed by atoms with Gasteiger partial charge < -0.3 is 10.3 Å². The van der Waals surface area contributed by atoms with Crippen LogP contribution in [-0.4, -0.2) is 18.1 Å². The van der Waals surface area contributed by atoms with Crippen LogP contribution >= 0.6 is 11.6 Å². The van der Waals surface area contributed by atoms with E-state index >= 15 is 0 Å². The highest BCUT2D eigenvalue weighted by molar-refractivity contribution is 6.31. The van der Waals surface area contributed by atoms with E-state index in [4.69, 9.17) is 11.6 Å². The Morgan fingerprint density at radius 2 is 2.24 bits per heavy atom. The van der Waals surface area contributed by atoms with Gasteiger partial charge in [-0.15, -0.1) is 0 Å². The maximum atomic E-state index is 6.06. The van der Waals surface area contributed by atoms with E-state index < -0.39 is 0 Å². The van der Waals surface area contributed by atoms with Crippen molar-refractivity contribution in [1.29, 1.82) is 0 Å². The van der Waals surface area contributed by atoms with Crippen LogP contribution in [0.1, 0.15) is 30.0 Å². The first-order valence-electron chi connectivity index (χ1n) is 6.24. The SMILES string of the molecule is Cc1c(C2CCCNC2)[nH]c2ccc(Cl)cc12. The summed E-state index contributed by atoms with van der Waals surface area (Å²) in [7, 11) is 0. The molecule has 1 aliphatic rings. The van der Waals surface area contributed by atoms with Crippen molar-refractivity contribution in [1.82, 2.24) is 10.3 Å². The molecule has 0 saturated carbocycles. The number of H-pyrrole nitrogens is 1. The van der Waals surface area contributed by atoms with Crippen molar-refractivity contribution in [3.05, 3.63) is 34.5 Å². The van der Waals surface area contributed by atoms with Crippen LogP contribution in [0, 0.1) is 6.92 Å². The van der Waals surface area contributed by atoms with Gasteiger partial charge in [0.25, 0.3) is 0 Å². The van der Waals surface area contributed by atoms with Gasteiger partial charge in [-0.1, -0.05) is 11.6 Å². The standard InChI is InChI=1S/C14H17ClN2/c1-9-12-7-11(15)4-5-13(12)17-14(9)10-3-2-6-16-8-10/h4-5,7,10,16-17H,2-3,6,8H2,1H3. The van der Waals surface area contributed by atoms with Crippen LogP contribution in [0.3, 0.4) is 0 Å². The summed E-state index contributed by atoms with van der Waals surface area (Å²) in [4.78, 5) is 3.56. The van der Waals surface area contributed by atoms with Crippen molar-refractivity contribution in [3.8, 4) is 0 Å². The molecule has 0 radical (unpaired) electrons. The largest absolute Gasteiger partial charge is 0.358 e. The van der Waals surface area contributed by atoms with E-state index in [1.807, 2.05) is 6.07 Å². The van der Waals surface area contributed by atoms with Gasteiger partial charge in [-0.25, -0.2) is 0 Å². The highest BCUT2D eigenvalue weighted by Gasteiger charge is 2.19. The number of nitrogens with one attached hydrogen (secondary N) is 2. The highest BCUT2D eigenvalue weighted by atomic mass is 35.5. The number of aryl methyl sites for hydroxylation is 1. The van der Waals surface area contributed by atoms with E-state index in [1.165, 1.54) is 35.0 Å². The van der Waals surface area contributed by atoms with Gasteiger partial charge >= 0.3 is 0 Å². The smallest absolute Gasteiger partial charge is 0.0459 e. The number of rotatable bonds is 1. The lowest BCUT2D eigenvalue weighted by Gasteiger charge is -2.22. The Kier molecular flexibility index (Phi) is 2.85. The van der Waals surface area contributed by atoms with Gasteiger partial charge in [-0.2, -0.15) is 0 Å². The molecule has 1 aromatic carbocycles. The van der Waals surface area contributed by atoms with Crippen LogP contribution in [-0.2, 0) is 0 Å². The Morgan fingerprint density at radius 3 is 3.00 bits per heavy atom. The number of aromatic amines is 1. The lowest BCUT2D eigenvalue weighted by atomic mass is 9.93. The Morgan fingerprint density at radius 1 is 1.35 bits per heavy atom. The topological polar surface area (TPSA) is 27.8 Å². The predicted molar refractivity (Wildman–Crippen MR) is 72.9 cm³/mol. The first-order valence-corrected chi connectivity index (χ1v) is 6.62. The second kappa shape index (κ2) is 4.35. The summed E-state index contributed by atoms with van der Waals surface area (Å²) >= 11 is 6.06. The molecular weight excluding hydrogens is 232 g/mol. The zero-order valence-corrected chi connectivity index (χ0v) is 10.8. The molecule has 1 unspecified atom stereocenters. The van der Waals surface area contributed by atoms with E-state index in [-0.39, 0.29) is 0 Å². The van der Waals surface area contributed by atoms with Gasteiger partial charge in [-0.05, 0) is 50.1 Å². The molecule has 1 fully saturated rings. The minimum atomic E-state index is 0.620. The second-order valence-electron chi connectivity index (χ2n) is 4.90. The summed E-state index contributed by atoms with van der Waals surface area (Å²) in [6, 6.07) is 6.08. The summed E-state index contributed by atoms with van der Waals surface area (Å²) in [6.07, 6.45) is 2.54. The Bertz CT molecular complexity index is 538. The summed E-state index contributed by atoms with van der Waals surface area (Å²) in [6.45, 7) is 4.43. The van der Waals surface area contributed by atoms with Crippen molar-refractivity contribution < 1.29 is 0 Å². The van der Waals surface area contributed by atoms with E-state index in [2.05, 4.69) is 29.4 Å². The van der Waals surface area contributed by atoms with Gasteiger partial charge in [-0.3, -0.25) is 0 Å². The van der Waals surface area contributed by atoms with Crippen LogP contribution < -0.4 is 5.32 Å². The van der Waals surface area contributed by atoms with Gasteiger partial charge in [0.05, 0.1) is 0 Å². The third-order valence-electron chi connectivity index (χ3n) is 3.76. The van der Waals surface area contributed by atoms with E-state index in [9.17, 15) is 0 Å². The molecule has 0 amide bonds. The molecule has 2 nitrogen and oxygen atoms in total. The summed E-state index contributed by atoms with van der Waals surface area (Å²) in [5.74, 6) is 0.620. The van der Waals surface area contributed by atoms with Crippen LogP contribution in [0.4, 0.5) is 0 Å². The molecule has 1 aliphatic heterocycles. The third-order valence-corrected chi connectivity index (χ3v) is 4.00.